The normalized spacial score (nSPS) is 28.1. The number of β-amino-alcohol motifs (C(OH)–C–C–N with tert-alkyl or cyclic N) is 1. The van der Waals surface area contributed by atoms with E-state index in [0.29, 0.717) is 6.04 Å². The molecule has 1 aromatic carbocycles. The largest absolute Gasteiger partial charge is 0.496 e. The first-order valence-corrected chi connectivity index (χ1v) is 7.84. The molecule has 110 valence electrons. The van der Waals surface area contributed by atoms with Gasteiger partial charge in [-0.3, -0.25) is 4.90 Å². The number of aliphatic hydroxyl groups excluding tert-OH is 1. The van der Waals surface area contributed by atoms with E-state index in [2.05, 4.69) is 4.90 Å². The summed E-state index contributed by atoms with van der Waals surface area (Å²) in [6.07, 6.45) is 6.25. The Hall–Kier alpha value is -1.06. The van der Waals surface area contributed by atoms with E-state index in [-0.39, 0.29) is 0 Å². The second-order valence-corrected chi connectivity index (χ2v) is 6.15. The fraction of sp³-hybridized carbons (Fsp3) is 0.647. The molecule has 1 saturated carbocycles. The average Bonchev–Trinajstić information content (AvgIpc) is 2.96. The van der Waals surface area contributed by atoms with Crippen LogP contribution in [-0.4, -0.2) is 36.2 Å². The Morgan fingerprint density at radius 2 is 2.05 bits per heavy atom. The number of piperidine rings is 1. The van der Waals surface area contributed by atoms with Crippen LogP contribution in [0.4, 0.5) is 0 Å². The monoisotopic (exact) mass is 275 g/mol. The molecule has 3 nitrogen and oxygen atoms in total. The van der Waals surface area contributed by atoms with Crippen molar-refractivity contribution < 1.29 is 9.84 Å². The van der Waals surface area contributed by atoms with Gasteiger partial charge in [0.2, 0.25) is 0 Å². The van der Waals surface area contributed by atoms with Crippen molar-refractivity contribution in [3.05, 3.63) is 29.8 Å². The Morgan fingerprint density at radius 1 is 1.25 bits per heavy atom. The van der Waals surface area contributed by atoms with E-state index in [1.807, 2.05) is 24.3 Å². The summed E-state index contributed by atoms with van der Waals surface area (Å²) < 4.78 is 5.36. The van der Waals surface area contributed by atoms with Gasteiger partial charge in [-0.05, 0) is 44.2 Å². The molecule has 2 aliphatic rings. The Labute approximate surface area is 121 Å². The maximum absolute atomic E-state index is 10.6. The van der Waals surface area contributed by atoms with Crippen LogP contribution in [0.3, 0.4) is 0 Å². The maximum Gasteiger partial charge on any atom is 0.124 e. The van der Waals surface area contributed by atoms with Gasteiger partial charge in [0.05, 0.1) is 13.2 Å². The summed E-state index contributed by atoms with van der Waals surface area (Å²) in [5.74, 6) is 1.66. The molecule has 1 N–H and O–H groups in total. The Morgan fingerprint density at radius 3 is 2.90 bits per heavy atom. The van der Waals surface area contributed by atoms with Crippen molar-refractivity contribution in [1.82, 2.24) is 4.90 Å². The minimum Gasteiger partial charge on any atom is -0.496 e. The van der Waals surface area contributed by atoms with Crippen LogP contribution in [0.25, 0.3) is 0 Å². The predicted octanol–water partition coefficient (Wildman–Crippen LogP) is 2.99. The van der Waals surface area contributed by atoms with Gasteiger partial charge in [-0.25, -0.2) is 0 Å². The molecule has 3 rings (SSSR count). The van der Waals surface area contributed by atoms with Gasteiger partial charge in [0.25, 0.3) is 0 Å². The summed E-state index contributed by atoms with van der Waals surface area (Å²) in [6.45, 7) is 1.87. The molecule has 1 aliphatic carbocycles. The van der Waals surface area contributed by atoms with E-state index < -0.39 is 6.10 Å². The highest BCUT2D eigenvalue weighted by Crippen LogP contribution is 2.38. The predicted molar refractivity (Wildman–Crippen MR) is 79.9 cm³/mol. The summed E-state index contributed by atoms with van der Waals surface area (Å²) in [5, 5.41) is 10.6. The zero-order chi connectivity index (χ0) is 13.9. The number of para-hydroxylation sites is 1. The second-order valence-electron chi connectivity index (χ2n) is 6.15. The van der Waals surface area contributed by atoms with Crippen LogP contribution in [0.2, 0.25) is 0 Å². The summed E-state index contributed by atoms with van der Waals surface area (Å²) in [6, 6.07) is 8.51. The number of fused-ring (bicyclic) bond motifs is 1. The summed E-state index contributed by atoms with van der Waals surface area (Å²) in [5.41, 5.74) is 0.912. The van der Waals surface area contributed by atoms with Crippen molar-refractivity contribution >= 4 is 0 Å². The highest BCUT2D eigenvalue weighted by molar-refractivity contribution is 5.35. The van der Waals surface area contributed by atoms with Crippen LogP contribution in [0.15, 0.2) is 24.3 Å². The standard InChI is InChI=1S/C17H25NO2/c1-20-17-10-3-2-8-14(17)16(19)12-18-11-5-7-13-6-4-9-15(13)18/h2-3,8,10,13,15-16,19H,4-7,9,11-12H2,1H3. The molecule has 1 heterocycles. The van der Waals surface area contributed by atoms with Crippen molar-refractivity contribution in [2.24, 2.45) is 5.92 Å². The van der Waals surface area contributed by atoms with Gasteiger partial charge in [-0.1, -0.05) is 24.6 Å². The van der Waals surface area contributed by atoms with Crippen molar-refractivity contribution in [2.45, 2.75) is 44.2 Å². The van der Waals surface area contributed by atoms with E-state index in [1.54, 1.807) is 7.11 Å². The molecule has 1 aromatic rings. The van der Waals surface area contributed by atoms with Crippen LogP contribution >= 0.6 is 0 Å². The first-order valence-electron chi connectivity index (χ1n) is 7.84. The third-order valence-corrected chi connectivity index (χ3v) is 5.01. The first-order chi connectivity index (χ1) is 9.79. The van der Waals surface area contributed by atoms with E-state index in [9.17, 15) is 5.11 Å². The van der Waals surface area contributed by atoms with E-state index >= 15 is 0 Å². The zero-order valence-corrected chi connectivity index (χ0v) is 12.3. The van der Waals surface area contributed by atoms with Crippen molar-refractivity contribution in [3.8, 4) is 5.75 Å². The van der Waals surface area contributed by atoms with Gasteiger partial charge in [-0.2, -0.15) is 0 Å². The lowest BCUT2D eigenvalue weighted by Gasteiger charge is -2.38. The number of hydrogen-bond acceptors (Lipinski definition) is 3. The number of rotatable bonds is 4. The van der Waals surface area contributed by atoms with E-state index in [1.165, 1.54) is 32.1 Å². The topological polar surface area (TPSA) is 32.7 Å². The molecule has 0 radical (unpaired) electrons. The molecule has 3 unspecified atom stereocenters. The van der Waals surface area contributed by atoms with Crippen LogP contribution in [0, 0.1) is 5.92 Å². The van der Waals surface area contributed by atoms with Crippen molar-refractivity contribution in [3.63, 3.8) is 0 Å². The van der Waals surface area contributed by atoms with Gasteiger partial charge in [0.1, 0.15) is 5.75 Å². The SMILES string of the molecule is COc1ccccc1C(O)CN1CCCC2CCCC21. The molecular weight excluding hydrogens is 250 g/mol. The summed E-state index contributed by atoms with van der Waals surface area (Å²) in [7, 11) is 1.67. The molecule has 1 aliphatic heterocycles. The van der Waals surface area contributed by atoms with E-state index in [4.69, 9.17) is 4.74 Å². The highest BCUT2D eigenvalue weighted by Gasteiger charge is 2.35. The quantitative estimate of drug-likeness (QED) is 0.917. The number of ether oxygens (including phenoxy) is 1. The lowest BCUT2D eigenvalue weighted by atomic mass is 9.91. The fourth-order valence-corrected chi connectivity index (χ4v) is 4.05. The van der Waals surface area contributed by atoms with Gasteiger partial charge >= 0.3 is 0 Å². The number of nitrogens with zero attached hydrogens (tertiary/aromatic N) is 1. The van der Waals surface area contributed by atoms with Crippen LogP contribution in [-0.2, 0) is 0 Å². The van der Waals surface area contributed by atoms with Crippen LogP contribution in [0.5, 0.6) is 5.75 Å². The number of likely N-dealkylation sites (tertiary alicyclic amines) is 1. The zero-order valence-electron chi connectivity index (χ0n) is 12.3. The summed E-state index contributed by atoms with van der Waals surface area (Å²) in [4.78, 5) is 2.51. The van der Waals surface area contributed by atoms with Gasteiger partial charge in [0, 0.05) is 18.2 Å². The molecule has 3 heteroatoms. The fourth-order valence-electron chi connectivity index (χ4n) is 4.05. The molecule has 20 heavy (non-hydrogen) atoms. The molecule has 1 saturated heterocycles. The molecular formula is C17H25NO2. The van der Waals surface area contributed by atoms with E-state index in [0.717, 1.165) is 30.3 Å². The number of benzene rings is 1. The molecule has 2 fully saturated rings. The van der Waals surface area contributed by atoms with Gasteiger partial charge in [0.15, 0.2) is 0 Å². The lowest BCUT2D eigenvalue weighted by molar-refractivity contribution is 0.0497. The Bertz CT molecular complexity index is 448. The number of methoxy groups -OCH3 is 1. The molecule has 0 aromatic heterocycles. The molecule has 0 amide bonds. The molecule has 0 bridgehead atoms. The number of aliphatic hydroxyl groups is 1. The second kappa shape index (κ2) is 6.15. The van der Waals surface area contributed by atoms with Gasteiger partial charge in [-0.15, -0.1) is 0 Å². The third-order valence-electron chi connectivity index (χ3n) is 5.01. The first kappa shape index (κ1) is 13.9. The number of hydrogen-bond donors (Lipinski definition) is 1. The van der Waals surface area contributed by atoms with Crippen LogP contribution in [0.1, 0.15) is 43.8 Å². The minimum absolute atomic E-state index is 0.453. The molecule has 0 spiro atoms. The smallest absolute Gasteiger partial charge is 0.124 e. The van der Waals surface area contributed by atoms with Gasteiger partial charge < -0.3 is 9.84 Å². The summed E-state index contributed by atoms with van der Waals surface area (Å²) >= 11 is 0. The van der Waals surface area contributed by atoms with Crippen molar-refractivity contribution in [1.29, 1.82) is 0 Å². The lowest BCUT2D eigenvalue weighted by Crippen LogP contribution is -2.44. The Balaban J connectivity index is 1.70. The van der Waals surface area contributed by atoms with Crippen LogP contribution < -0.4 is 4.74 Å². The maximum atomic E-state index is 10.6. The highest BCUT2D eigenvalue weighted by atomic mass is 16.5. The Kier molecular flexibility index (Phi) is 4.27. The minimum atomic E-state index is -0.453. The van der Waals surface area contributed by atoms with Crippen molar-refractivity contribution in [2.75, 3.05) is 20.2 Å². The average molecular weight is 275 g/mol. The third kappa shape index (κ3) is 2.70. The molecule has 3 atom stereocenters.